The molecule has 1 saturated carbocycles. The third kappa shape index (κ3) is 5.57. The minimum absolute atomic E-state index is 0.0315. The molecule has 1 aliphatic carbocycles. The molecule has 8 heteroatoms. The molecule has 1 aliphatic rings. The fourth-order valence-corrected chi connectivity index (χ4v) is 5.81. The van der Waals surface area contributed by atoms with Gasteiger partial charge in [-0.15, -0.1) is 11.8 Å². The SMILES string of the molecule is C=C(O)CSc1cc(NS(=O)(=O)c2ccc(OC3CCCCC3)cc2)c2ccccc2c1O. The molecule has 174 valence electrons. The number of hydrogen-bond acceptors (Lipinski definition) is 6. The van der Waals surface area contributed by atoms with E-state index in [1.54, 1.807) is 42.5 Å². The van der Waals surface area contributed by atoms with Crippen molar-refractivity contribution in [2.45, 2.75) is 48.0 Å². The number of benzene rings is 3. The Kier molecular flexibility index (Phi) is 7.05. The first-order chi connectivity index (χ1) is 15.8. The van der Waals surface area contributed by atoms with Crippen LogP contribution in [0.2, 0.25) is 0 Å². The van der Waals surface area contributed by atoms with Gasteiger partial charge in [-0.3, -0.25) is 4.72 Å². The highest BCUT2D eigenvalue weighted by molar-refractivity contribution is 7.99. The zero-order valence-electron chi connectivity index (χ0n) is 18.2. The monoisotopic (exact) mass is 485 g/mol. The van der Waals surface area contributed by atoms with Crippen LogP contribution in [-0.2, 0) is 10.0 Å². The second kappa shape index (κ2) is 9.97. The average molecular weight is 486 g/mol. The van der Waals surface area contributed by atoms with E-state index in [2.05, 4.69) is 11.3 Å². The van der Waals surface area contributed by atoms with Crippen LogP contribution in [0.1, 0.15) is 32.1 Å². The lowest BCUT2D eigenvalue weighted by Crippen LogP contribution is -2.19. The molecular formula is C25H27NO5S2. The van der Waals surface area contributed by atoms with Gasteiger partial charge in [-0.25, -0.2) is 8.42 Å². The largest absolute Gasteiger partial charge is 0.512 e. The van der Waals surface area contributed by atoms with Gasteiger partial charge < -0.3 is 14.9 Å². The number of hydrogen-bond donors (Lipinski definition) is 3. The lowest BCUT2D eigenvalue weighted by Gasteiger charge is -2.23. The quantitative estimate of drug-likeness (QED) is 0.199. The number of aliphatic hydroxyl groups excluding tert-OH is 1. The van der Waals surface area contributed by atoms with Gasteiger partial charge in [0.25, 0.3) is 10.0 Å². The van der Waals surface area contributed by atoms with Crippen molar-refractivity contribution < 1.29 is 23.4 Å². The normalized spacial score (nSPS) is 14.8. The minimum atomic E-state index is -3.88. The standard InChI is InChI=1S/C25H27NO5S2/c1-17(27)16-32-24-15-23(21-9-5-6-10-22(21)25(24)28)26-33(29,30)20-13-11-19(12-14-20)31-18-7-3-2-4-8-18/h5-6,9-15,18,26-28H,1-4,7-8,16H2. The van der Waals surface area contributed by atoms with Gasteiger partial charge in [-0.1, -0.05) is 37.3 Å². The molecular weight excluding hydrogens is 458 g/mol. The van der Waals surface area contributed by atoms with Crippen LogP contribution in [0, 0.1) is 0 Å². The van der Waals surface area contributed by atoms with E-state index in [1.807, 2.05) is 0 Å². The zero-order chi connectivity index (χ0) is 23.4. The van der Waals surface area contributed by atoms with Crippen molar-refractivity contribution >= 4 is 38.2 Å². The summed E-state index contributed by atoms with van der Waals surface area (Å²) in [7, 11) is -3.88. The van der Waals surface area contributed by atoms with Crippen LogP contribution >= 0.6 is 11.8 Å². The second-order valence-corrected chi connectivity index (χ2v) is 10.8. The number of aliphatic hydroxyl groups is 1. The Morgan fingerprint density at radius 3 is 2.39 bits per heavy atom. The average Bonchev–Trinajstić information content (AvgIpc) is 2.81. The molecule has 0 aliphatic heterocycles. The minimum Gasteiger partial charge on any atom is -0.512 e. The number of thioether (sulfide) groups is 1. The molecule has 0 atom stereocenters. The summed E-state index contributed by atoms with van der Waals surface area (Å²) < 4.78 is 34.9. The van der Waals surface area contributed by atoms with E-state index in [9.17, 15) is 18.6 Å². The van der Waals surface area contributed by atoms with E-state index < -0.39 is 10.0 Å². The Balaban J connectivity index is 1.60. The lowest BCUT2D eigenvalue weighted by molar-refractivity contribution is 0.155. The van der Waals surface area contributed by atoms with Crippen LogP contribution in [0.4, 0.5) is 5.69 Å². The van der Waals surface area contributed by atoms with Gasteiger partial charge >= 0.3 is 0 Å². The lowest BCUT2D eigenvalue weighted by atomic mass is 9.98. The number of anilines is 1. The molecule has 0 aromatic heterocycles. The first-order valence-electron chi connectivity index (χ1n) is 10.9. The summed E-state index contributed by atoms with van der Waals surface area (Å²) in [5.41, 5.74) is 0.344. The summed E-state index contributed by atoms with van der Waals surface area (Å²) in [6.07, 6.45) is 5.80. The molecule has 0 unspecified atom stereocenters. The van der Waals surface area contributed by atoms with Gasteiger partial charge in [0.15, 0.2) is 0 Å². The van der Waals surface area contributed by atoms with E-state index in [0.717, 1.165) is 25.7 Å². The van der Waals surface area contributed by atoms with Crippen molar-refractivity contribution in [3.8, 4) is 11.5 Å². The summed E-state index contributed by atoms with van der Waals surface area (Å²) in [6.45, 7) is 3.46. The molecule has 3 N–H and O–H groups in total. The summed E-state index contributed by atoms with van der Waals surface area (Å²) in [4.78, 5) is 0.561. The highest BCUT2D eigenvalue weighted by Crippen LogP contribution is 2.40. The van der Waals surface area contributed by atoms with E-state index >= 15 is 0 Å². The molecule has 33 heavy (non-hydrogen) atoms. The number of aromatic hydroxyl groups is 1. The van der Waals surface area contributed by atoms with Crippen LogP contribution in [-0.4, -0.2) is 30.5 Å². The Morgan fingerprint density at radius 1 is 1.06 bits per heavy atom. The van der Waals surface area contributed by atoms with Gasteiger partial charge in [0.2, 0.25) is 0 Å². The van der Waals surface area contributed by atoms with E-state index in [4.69, 9.17) is 4.74 Å². The maximum absolute atomic E-state index is 13.1. The predicted molar refractivity (Wildman–Crippen MR) is 133 cm³/mol. The highest BCUT2D eigenvalue weighted by Gasteiger charge is 2.20. The number of phenolic OH excluding ortho intramolecular Hbond substituents is 1. The van der Waals surface area contributed by atoms with Crippen molar-refractivity contribution in [2.24, 2.45) is 0 Å². The fraction of sp³-hybridized carbons (Fsp3) is 0.280. The smallest absolute Gasteiger partial charge is 0.261 e. The predicted octanol–water partition coefficient (Wildman–Crippen LogP) is 6.22. The molecule has 3 aromatic carbocycles. The van der Waals surface area contributed by atoms with Crippen molar-refractivity contribution in [3.63, 3.8) is 0 Å². The first kappa shape index (κ1) is 23.3. The fourth-order valence-electron chi connectivity index (χ4n) is 3.97. The van der Waals surface area contributed by atoms with Gasteiger partial charge in [0.05, 0.1) is 33.1 Å². The number of phenols is 1. The van der Waals surface area contributed by atoms with Gasteiger partial charge in [-0.2, -0.15) is 0 Å². The molecule has 0 heterocycles. The van der Waals surface area contributed by atoms with Crippen LogP contribution in [0.25, 0.3) is 10.8 Å². The van der Waals surface area contributed by atoms with Crippen molar-refractivity contribution in [1.82, 2.24) is 0 Å². The number of sulfonamides is 1. The first-order valence-corrected chi connectivity index (χ1v) is 13.3. The Morgan fingerprint density at radius 2 is 1.73 bits per heavy atom. The molecule has 6 nitrogen and oxygen atoms in total. The Bertz CT molecular complexity index is 1250. The third-order valence-corrected chi connectivity index (χ3v) is 8.09. The van der Waals surface area contributed by atoms with E-state index in [0.29, 0.717) is 27.1 Å². The number of rotatable bonds is 8. The summed E-state index contributed by atoms with van der Waals surface area (Å²) in [5.74, 6) is 0.841. The van der Waals surface area contributed by atoms with E-state index in [1.165, 1.54) is 30.3 Å². The molecule has 0 saturated heterocycles. The topological polar surface area (TPSA) is 95.9 Å². The Hall–Kier alpha value is -2.84. The van der Waals surface area contributed by atoms with Crippen molar-refractivity contribution in [3.05, 3.63) is 66.9 Å². The third-order valence-electron chi connectivity index (χ3n) is 5.61. The van der Waals surface area contributed by atoms with Crippen LogP contribution in [0.15, 0.2) is 76.7 Å². The van der Waals surface area contributed by atoms with Crippen LogP contribution < -0.4 is 9.46 Å². The second-order valence-electron chi connectivity index (χ2n) is 8.13. The number of ether oxygens (including phenoxy) is 1. The summed E-state index contributed by atoms with van der Waals surface area (Å²) in [5, 5.41) is 21.2. The molecule has 0 spiro atoms. The van der Waals surface area contributed by atoms with Crippen LogP contribution in [0.5, 0.6) is 11.5 Å². The van der Waals surface area contributed by atoms with Crippen molar-refractivity contribution in [1.29, 1.82) is 0 Å². The maximum Gasteiger partial charge on any atom is 0.261 e. The molecule has 1 fully saturated rings. The zero-order valence-corrected chi connectivity index (χ0v) is 19.8. The molecule has 0 bridgehead atoms. The highest BCUT2D eigenvalue weighted by atomic mass is 32.2. The number of nitrogens with one attached hydrogen (secondary N) is 1. The van der Waals surface area contributed by atoms with Crippen LogP contribution in [0.3, 0.4) is 0 Å². The molecule has 3 aromatic rings. The van der Waals surface area contributed by atoms with Gasteiger partial charge in [-0.05, 0) is 56.0 Å². The summed E-state index contributed by atoms with van der Waals surface area (Å²) >= 11 is 1.17. The summed E-state index contributed by atoms with van der Waals surface area (Å²) in [6, 6.07) is 15.0. The molecule has 0 radical (unpaired) electrons. The maximum atomic E-state index is 13.1. The molecule has 4 rings (SSSR count). The Labute approximate surface area is 198 Å². The van der Waals surface area contributed by atoms with Gasteiger partial charge in [0, 0.05) is 10.8 Å². The number of fused-ring (bicyclic) bond motifs is 1. The van der Waals surface area contributed by atoms with Gasteiger partial charge in [0.1, 0.15) is 11.5 Å². The van der Waals surface area contributed by atoms with E-state index in [-0.39, 0.29) is 28.3 Å². The molecule has 0 amide bonds. The van der Waals surface area contributed by atoms with Crippen molar-refractivity contribution in [2.75, 3.05) is 10.5 Å².